The zero-order valence-electron chi connectivity index (χ0n) is 35.0. The van der Waals surface area contributed by atoms with Gasteiger partial charge in [0.2, 0.25) is 29.5 Å². The molecule has 7 N–H and O–H groups in total. The van der Waals surface area contributed by atoms with Crippen LogP contribution in [-0.4, -0.2) is 118 Å². The van der Waals surface area contributed by atoms with Crippen molar-refractivity contribution in [2.45, 2.75) is 89.1 Å². The summed E-state index contributed by atoms with van der Waals surface area (Å²) in [5.74, 6) is -3.82. The zero-order valence-corrected chi connectivity index (χ0v) is 36.5. The predicted molar refractivity (Wildman–Crippen MR) is 235 cm³/mol. The molecule has 3 aromatic rings. The van der Waals surface area contributed by atoms with Crippen LogP contribution in [-0.2, 0) is 24.0 Å². The first-order valence-corrected chi connectivity index (χ1v) is 22.1. The molecule has 3 aliphatic heterocycles. The Kier molecular flexibility index (Phi) is 16.5. The quantitative estimate of drug-likeness (QED) is 0.0637. The molecule has 1 unspecified atom stereocenters. The van der Waals surface area contributed by atoms with Crippen molar-refractivity contribution in [3.8, 4) is 0 Å². The van der Waals surface area contributed by atoms with Crippen LogP contribution < -0.4 is 31.9 Å². The van der Waals surface area contributed by atoms with Crippen LogP contribution in [0.2, 0.25) is 10.0 Å². The lowest BCUT2D eigenvalue weighted by atomic mass is 10.0. The third-order valence-corrected chi connectivity index (χ3v) is 11.8. The van der Waals surface area contributed by atoms with Crippen LogP contribution in [0.15, 0.2) is 42.6 Å². The summed E-state index contributed by atoms with van der Waals surface area (Å²) >= 11 is 12.3. The predicted octanol–water partition coefficient (Wildman–Crippen LogP) is 3.56. The number of anilines is 2. The number of amides is 9. The number of H-pyrrole nitrogens is 1. The van der Waals surface area contributed by atoms with Gasteiger partial charge in [0, 0.05) is 57.2 Å². The lowest BCUT2D eigenvalue weighted by Crippen LogP contribution is -2.54. The molecule has 2 fully saturated rings. The number of unbranched alkanes of at least 4 members (excludes halogenated alkanes) is 4. The van der Waals surface area contributed by atoms with Crippen LogP contribution in [0.5, 0.6) is 0 Å². The second-order valence-corrected chi connectivity index (χ2v) is 16.5. The van der Waals surface area contributed by atoms with Gasteiger partial charge in [-0.3, -0.25) is 58.5 Å². The second-order valence-electron chi connectivity index (χ2n) is 15.7. The molecular formula is C43H50Cl2N10O9. The van der Waals surface area contributed by atoms with Crippen molar-refractivity contribution in [3.05, 3.63) is 75.0 Å². The smallest absolute Gasteiger partial charge is 0.271 e. The standard InChI is InChI=1S/C43H50Cl2N10O9/c44-27-10-8-11-28(45)37(27)40(61)51-30-23-49-53-38(30)41(62)50-25-17-21-54(22-18-25)35(59)14-4-2-6-19-46-32(56)13-3-1-5-20-47-34(58)24-48-29-12-7-9-26-36(29)43(64)55(42(26)63)31-15-16-33(57)52-39(31)60/h7-12,23,25,31,48H,1-6,13-22,24H2,(H,46,56)(H,47,58)(H,49,53)(H,50,62)(H,51,61)(H,52,57,60). The molecule has 9 amide bonds. The molecule has 0 spiro atoms. The maximum Gasteiger partial charge on any atom is 0.271 e. The molecular weight excluding hydrogens is 871 g/mol. The van der Waals surface area contributed by atoms with Crippen LogP contribution in [0.3, 0.4) is 0 Å². The second kappa shape index (κ2) is 22.3. The van der Waals surface area contributed by atoms with Crippen molar-refractivity contribution in [2.75, 3.05) is 43.4 Å². The molecule has 4 heterocycles. The van der Waals surface area contributed by atoms with Gasteiger partial charge in [0.05, 0.1) is 45.2 Å². The molecule has 340 valence electrons. The average Bonchev–Trinajstić information content (AvgIpc) is 3.83. The minimum atomic E-state index is -1.09. The molecule has 0 bridgehead atoms. The van der Waals surface area contributed by atoms with Crippen LogP contribution in [0.1, 0.15) is 119 Å². The first-order valence-electron chi connectivity index (χ1n) is 21.3. The van der Waals surface area contributed by atoms with Crippen molar-refractivity contribution in [2.24, 2.45) is 0 Å². The highest BCUT2D eigenvalue weighted by atomic mass is 35.5. The number of piperidine rings is 2. The monoisotopic (exact) mass is 920 g/mol. The number of carbonyl (C=O) groups excluding carboxylic acids is 9. The molecule has 0 radical (unpaired) electrons. The Morgan fingerprint density at radius 2 is 1.42 bits per heavy atom. The molecule has 1 aromatic heterocycles. The summed E-state index contributed by atoms with van der Waals surface area (Å²) in [6.07, 6.45) is 7.50. The van der Waals surface area contributed by atoms with Gasteiger partial charge in [-0.05, 0) is 69.2 Å². The largest absolute Gasteiger partial charge is 0.375 e. The number of aromatic nitrogens is 2. The van der Waals surface area contributed by atoms with Gasteiger partial charge in [0.1, 0.15) is 11.7 Å². The molecule has 1 atom stereocenters. The first kappa shape index (κ1) is 47.1. The summed E-state index contributed by atoms with van der Waals surface area (Å²) in [5.41, 5.74) is 0.812. The molecule has 2 saturated heterocycles. The van der Waals surface area contributed by atoms with E-state index in [9.17, 15) is 43.2 Å². The van der Waals surface area contributed by atoms with E-state index in [0.29, 0.717) is 71.1 Å². The molecule has 19 nitrogen and oxygen atoms in total. The number of carbonyl (C=O) groups is 9. The van der Waals surface area contributed by atoms with Gasteiger partial charge in [-0.2, -0.15) is 5.10 Å². The summed E-state index contributed by atoms with van der Waals surface area (Å²) < 4.78 is 0. The zero-order chi connectivity index (χ0) is 45.8. The van der Waals surface area contributed by atoms with E-state index in [2.05, 4.69) is 42.1 Å². The van der Waals surface area contributed by atoms with Crippen molar-refractivity contribution >= 4 is 87.7 Å². The molecule has 21 heteroatoms. The number of hydrogen-bond acceptors (Lipinski definition) is 11. The highest BCUT2D eigenvalue weighted by molar-refractivity contribution is 6.40. The summed E-state index contributed by atoms with van der Waals surface area (Å²) in [6.45, 7) is 1.74. The Labute approximate surface area is 378 Å². The fourth-order valence-corrected chi connectivity index (χ4v) is 8.32. The highest BCUT2D eigenvalue weighted by Gasteiger charge is 2.45. The minimum Gasteiger partial charge on any atom is -0.375 e. The van der Waals surface area contributed by atoms with Crippen molar-refractivity contribution in [3.63, 3.8) is 0 Å². The number of hydrogen-bond donors (Lipinski definition) is 7. The third kappa shape index (κ3) is 12.0. The van der Waals surface area contributed by atoms with Crippen LogP contribution >= 0.6 is 23.2 Å². The average molecular weight is 922 g/mol. The van der Waals surface area contributed by atoms with Crippen LogP contribution in [0, 0.1) is 0 Å². The summed E-state index contributed by atoms with van der Waals surface area (Å²) in [4.78, 5) is 116. The van der Waals surface area contributed by atoms with E-state index in [0.717, 1.165) is 24.2 Å². The summed E-state index contributed by atoms with van der Waals surface area (Å²) in [6, 6.07) is 8.07. The molecule has 0 saturated carbocycles. The minimum absolute atomic E-state index is 0.0132. The number of likely N-dealkylation sites (tertiary alicyclic amines) is 1. The summed E-state index contributed by atoms with van der Waals surface area (Å²) in [5, 5.41) is 23.2. The maximum absolute atomic E-state index is 13.2. The van der Waals surface area contributed by atoms with E-state index in [1.807, 2.05) is 0 Å². The number of rotatable bonds is 20. The molecule has 3 aliphatic rings. The fraction of sp³-hybridized carbons (Fsp3) is 0.442. The van der Waals surface area contributed by atoms with Gasteiger partial charge in [-0.15, -0.1) is 0 Å². The van der Waals surface area contributed by atoms with Crippen molar-refractivity contribution in [1.29, 1.82) is 0 Å². The summed E-state index contributed by atoms with van der Waals surface area (Å²) in [7, 11) is 0. The van der Waals surface area contributed by atoms with Crippen molar-refractivity contribution in [1.82, 2.24) is 41.3 Å². The number of nitrogens with one attached hydrogen (secondary N) is 7. The van der Waals surface area contributed by atoms with Gasteiger partial charge < -0.3 is 31.5 Å². The van der Waals surface area contributed by atoms with E-state index in [1.54, 1.807) is 23.1 Å². The van der Waals surface area contributed by atoms with Gasteiger partial charge >= 0.3 is 0 Å². The molecule has 64 heavy (non-hydrogen) atoms. The molecule has 0 aliphatic carbocycles. The lowest BCUT2D eigenvalue weighted by Gasteiger charge is -2.32. The number of nitrogens with zero attached hydrogens (tertiary/aromatic N) is 3. The topological polar surface area (TPSA) is 261 Å². The Hall–Kier alpha value is -6.34. The van der Waals surface area contributed by atoms with Gasteiger partial charge in [-0.25, -0.2) is 0 Å². The number of halogens is 2. The number of fused-ring (bicyclic) bond motifs is 1. The number of imide groups is 2. The Morgan fingerprint density at radius 3 is 2.12 bits per heavy atom. The molecule has 2 aromatic carbocycles. The van der Waals surface area contributed by atoms with E-state index in [-0.39, 0.29) is 87.0 Å². The maximum atomic E-state index is 13.2. The van der Waals surface area contributed by atoms with E-state index >= 15 is 0 Å². The fourth-order valence-electron chi connectivity index (χ4n) is 7.75. The number of aromatic amines is 1. The van der Waals surface area contributed by atoms with Crippen LogP contribution in [0.25, 0.3) is 0 Å². The Morgan fingerprint density at radius 1 is 0.750 bits per heavy atom. The Bertz CT molecular complexity index is 2270. The highest BCUT2D eigenvalue weighted by Crippen LogP contribution is 2.32. The van der Waals surface area contributed by atoms with Crippen molar-refractivity contribution < 1.29 is 43.2 Å². The SMILES string of the molecule is O=C(CCCCCNC(=O)CNc1cccc2c1C(=O)N(C1CCC(=O)NC1=O)C2=O)NCCCCCC(=O)N1CCC(NC(=O)c2[nH]ncc2NC(=O)c2c(Cl)cccc2Cl)CC1. The van der Waals surface area contributed by atoms with Crippen LogP contribution in [0.4, 0.5) is 11.4 Å². The van der Waals surface area contributed by atoms with Gasteiger partial charge in [0.25, 0.3) is 23.6 Å². The van der Waals surface area contributed by atoms with Gasteiger partial charge in [-0.1, -0.05) is 48.2 Å². The Balaban J connectivity index is 0.771. The van der Waals surface area contributed by atoms with Gasteiger partial charge in [0.15, 0.2) is 0 Å². The first-order chi connectivity index (χ1) is 30.8. The van der Waals surface area contributed by atoms with E-state index in [1.165, 1.54) is 24.4 Å². The lowest BCUT2D eigenvalue weighted by molar-refractivity contribution is -0.136. The number of benzene rings is 2. The normalized spacial score (nSPS) is 16.2. The van der Waals surface area contributed by atoms with E-state index in [4.69, 9.17) is 23.2 Å². The van der Waals surface area contributed by atoms with E-state index < -0.39 is 41.5 Å². The third-order valence-electron chi connectivity index (χ3n) is 11.2. The molecule has 6 rings (SSSR count).